The Morgan fingerprint density at radius 3 is 2.79 bits per heavy atom. The van der Waals surface area contributed by atoms with E-state index in [-0.39, 0.29) is 5.91 Å². The number of carbonyl (C=O) groups excluding carboxylic acids is 1. The highest BCUT2D eigenvalue weighted by molar-refractivity contribution is 9.10. The molecule has 0 atom stereocenters. The molecular formula is C14H18BrClN2O. The lowest BCUT2D eigenvalue weighted by Crippen LogP contribution is -2.40. The Hall–Kier alpha value is -0.580. The number of likely N-dealkylation sites (tertiary alicyclic amines) is 1. The molecule has 5 heteroatoms. The maximum absolute atomic E-state index is 12.0. The second-order valence-corrected chi connectivity index (χ2v) is 6.07. The van der Waals surface area contributed by atoms with Gasteiger partial charge in [0.25, 0.3) is 0 Å². The molecule has 0 radical (unpaired) electrons. The van der Waals surface area contributed by atoms with Crippen LogP contribution in [0, 0.1) is 0 Å². The summed E-state index contributed by atoms with van der Waals surface area (Å²) < 4.78 is 1.01. The summed E-state index contributed by atoms with van der Waals surface area (Å²) in [5.74, 6) is 0.192. The van der Waals surface area contributed by atoms with Crippen molar-refractivity contribution < 1.29 is 4.79 Å². The number of hydrogen-bond acceptors (Lipinski definition) is 2. The fourth-order valence-electron chi connectivity index (χ4n) is 2.24. The van der Waals surface area contributed by atoms with Gasteiger partial charge < -0.3 is 10.2 Å². The van der Waals surface area contributed by atoms with Crippen molar-refractivity contribution in [1.29, 1.82) is 0 Å². The Morgan fingerprint density at radius 2 is 2.05 bits per heavy atom. The number of rotatable bonds is 4. The number of carbonyl (C=O) groups is 1. The highest BCUT2D eigenvalue weighted by Gasteiger charge is 2.15. The first-order chi connectivity index (χ1) is 9.16. The van der Waals surface area contributed by atoms with Crippen molar-refractivity contribution in [3.8, 4) is 0 Å². The van der Waals surface area contributed by atoms with Crippen molar-refractivity contribution in [2.24, 2.45) is 0 Å². The molecule has 1 aromatic rings. The molecule has 1 heterocycles. The van der Waals surface area contributed by atoms with E-state index in [1.165, 1.54) is 6.42 Å². The van der Waals surface area contributed by atoms with E-state index in [9.17, 15) is 4.79 Å². The number of nitrogens with zero attached hydrogens (tertiary/aromatic N) is 1. The highest BCUT2D eigenvalue weighted by atomic mass is 79.9. The fraction of sp³-hybridized carbons (Fsp3) is 0.500. The minimum absolute atomic E-state index is 0.192. The topological polar surface area (TPSA) is 32.3 Å². The van der Waals surface area contributed by atoms with Gasteiger partial charge in [-0.15, -0.1) is 0 Å². The number of nitrogens with one attached hydrogen (secondary N) is 1. The SMILES string of the molecule is O=C(CNCc1cc(Cl)ccc1Br)N1CCCCC1. The third kappa shape index (κ3) is 4.48. The van der Waals surface area contributed by atoms with Crippen molar-refractivity contribution in [2.75, 3.05) is 19.6 Å². The Balaban J connectivity index is 1.79. The predicted molar refractivity (Wildman–Crippen MR) is 81.3 cm³/mol. The molecule has 1 saturated heterocycles. The second-order valence-electron chi connectivity index (χ2n) is 4.78. The Kier molecular flexibility index (Phi) is 5.67. The number of benzene rings is 1. The third-order valence-corrected chi connectivity index (χ3v) is 4.32. The van der Waals surface area contributed by atoms with Crippen molar-refractivity contribution in [3.63, 3.8) is 0 Å². The molecule has 0 aromatic heterocycles. The average Bonchev–Trinajstić information content (AvgIpc) is 2.43. The van der Waals surface area contributed by atoms with Crippen LogP contribution in [0.2, 0.25) is 5.02 Å². The molecule has 2 rings (SSSR count). The van der Waals surface area contributed by atoms with Crippen LogP contribution in [-0.4, -0.2) is 30.4 Å². The van der Waals surface area contributed by atoms with Crippen molar-refractivity contribution in [1.82, 2.24) is 10.2 Å². The minimum Gasteiger partial charge on any atom is -0.342 e. The predicted octanol–water partition coefficient (Wildman–Crippen LogP) is 3.20. The molecule has 1 fully saturated rings. The van der Waals surface area contributed by atoms with Gasteiger partial charge in [-0.25, -0.2) is 0 Å². The van der Waals surface area contributed by atoms with Gasteiger partial charge in [-0.3, -0.25) is 4.79 Å². The van der Waals surface area contributed by atoms with E-state index < -0.39 is 0 Å². The van der Waals surface area contributed by atoms with Crippen LogP contribution in [0.4, 0.5) is 0 Å². The molecule has 19 heavy (non-hydrogen) atoms. The van der Waals surface area contributed by atoms with E-state index in [0.29, 0.717) is 18.1 Å². The lowest BCUT2D eigenvalue weighted by atomic mass is 10.1. The van der Waals surface area contributed by atoms with Crippen LogP contribution in [0.25, 0.3) is 0 Å². The Morgan fingerprint density at radius 1 is 1.32 bits per heavy atom. The van der Waals surface area contributed by atoms with Gasteiger partial charge in [-0.1, -0.05) is 27.5 Å². The zero-order valence-corrected chi connectivity index (χ0v) is 13.1. The molecule has 1 aromatic carbocycles. The first kappa shape index (κ1) is 14.8. The summed E-state index contributed by atoms with van der Waals surface area (Å²) in [6.45, 7) is 2.84. The molecule has 1 N–H and O–H groups in total. The van der Waals surface area contributed by atoms with Crippen molar-refractivity contribution in [2.45, 2.75) is 25.8 Å². The van der Waals surface area contributed by atoms with Crippen LogP contribution < -0.4 is 5.32 Å². The van der Waals surface area contributed by atoms with Gasteiger partial charge in [-0.05, 0) is 43.0 Å². The third-order valence-electron chi connectivity index (χ3n) is 3.31. The van der Waals surface area contributed by atoms with E-state index in [1.807, 2.05) is 23.1 Å². The summed E-state index contributed by atoms with van der Waals surface area (Å²) in [5, 5.41) is 3.90. The van der Waals surface area contributed by atoms with Crippen LogP contribution in [0.3, 0.4) is 0 Å². The smallest absolute Gasteiger partial charge is 0.236 e. The van der Waals surface area contributed by atoms with Gasteiger partial charge in [0.05, 0.1) is 6.54 Å². The molecule has 3 nitrogen and oxygen atoms in total. The maximum atomic E-state index is 12.0. The monoisotopic (exact) mass is 344 g/mol. The summed E-state index contributed by atoms with van der Waals surface area (Å²) in [5.41, 5.74) is 1.07. The Bertz CT molecular complexity index is 447. The molecule has 0 spiro atoms. The van der Waals surface area contributed by atoms with Crippen LogP contribution in [0.1, 0.15) is 24.8 Å². The largest absolute Gasteiger partial charge is 0.342 e. The molecule has 1 aliphatic heterocycles. The van der Waals surface area contributed by atoms with Gasteiger partial charge >= 0.3 is 0 Å². The van der Waals surface area contributed by atoms with Crippen LogP contribution in [-0.2, 0) is 11.3 Å². The molecule has 0 bridgehead atoms. The molecular weight excluding hydrogens is 328 g/mol. The molecule has 1 aliphatic rings. The minimum atomic E-state index is 0.192. The normalized spacial score (nSPS) is 15.6. The highest BCUT2D eigenvalue weighted by Crippen LogP contribution is 2.20. The quantitative estimate of drug-likeness (QED) is 0.909. The van der Waals surface area contributed by atoms with Crippen molar-refractivity contribution in [3.05, 3.63) is 33.3 Å². The van der Waals surface area contributed by atoms with Gasteiger partial charge in [0.2, 0.25) is 5.91 Å². The summed E-state index contributed by atoms with van der Waals surface area (Å²) >= 11 is 9.44. The van der Waals surface area contributed by atoms with Crippen LogP contribution in [0.15, 0.2) is 22.7 Å². The molecule has 1 amide bonds. The number of halogens is 2. The van der Waals surface area contributed by atoms with E-state index in [0.717, 1.165) is 36.0 Å². The van der Waals surface area contributed by atoms with Crippen LogP contribution in [0.5, 0.6) is 0 Å². The van der Waals surface area contributed by atoms with E-state index >= 15 is 0 Å². The van der Waals surface area contributed by atoms with Crippen molar-refractivity contribution >= 4 is 33.4 Å². The average molecular weight is 346 g/mol. The van der Waals surface area contributed by atoms with Gasteiger partial charge in [0.15, 0.2) is 0 Å². The van der Waals surface area contributed by atoms with E-state index in [4.69, 9.17) is 11.6 Å². The van der Waals surface area contributed by atoms with Crippen LogP contribution >= 0.6 is 27.5 Å². The van der Waals surface area contributed by atoms with Gasteiger partial charge in [-0.2, -0.15) is 0 Å². The molecule has 0 unspecified atom stereocenters. The lowest BCUT2D eigenvalue weighted by Gasteiger charge is -2.26. The zero-order chi connectivity index (χ0) is 13.7. The van der Waals surface area contributed by atoms with Gasteiger partial charge in [0.1, 0.15) is 0 Å². The zero-order valence-electron chi connectivity index (χ0n) is 10.8. The van der Waals surface area contributed by atoms with E-state index in [2.05, 4.69) is 21.2 Å². The standard InChI is InChI=1S/C14H18BrClN2O/c15-13-5-4-12(16)8-11(13)9-17-10-14(19)18-6-2-1-3-7-18/h4-5,8,17H,1-3,6-7,9-10H2. The van der Waals surface area contributed by atoms with Gasteiger partial charge in [0, 0.05) is 29.1 Å². The number of amides is 1. The van der Waals surface area contributed by atoms with E-state index in [1.54, 1.807) is 0 Å². The first-order valence-corrected chi connectivity index (χ1v) is 7.76. The lowest BCUT2D eigenvalue weighted by molar-refractivity contribution is -0.131. The first-order valence-electron chi connectivity index (χ1n) is 6.59. The molecule has 0 saturated carbocycles. The summed E-state index contributed by atoms with van der Waals surface area (Å²) in [6, 6.07) is 5.67. The number of piperidine rings is 1. The maximum Gasteiger partial charge on any atom is 0.236 e. The Labute approximate surface area is 127 Å². The molecule has 0 aliphatic carbocycles. The number of hydrogen-bond donors (Lipinski definition) is 1. The summed E-state index contributed by atoms with van der Waals surface area (Å²) in [7, 11) is 0. The summed E-state index contributed by atoms with van der Waals surface area (Å²) in [4.78, 5) is 13.9. The second kappa shape index (κ2) is 7.27. The summed E-state index contributed by atoms with van der Waals surface area (Å²) in [6.07, 6.45) is 3.50. The molecule has 104 valence electrons. The fourth-order valence-corrected chi connectivity index (χ4v) is 2.82.